The Kier molecular flexibility index (Phi) is 4.01. The van der Waals surface area contributed by atoms with Crippen LogP contribution in [0.5, 0.6) is 0 Å². The van der Waals surface area contributed by atoms with Crippen molar-refractivity contribution in [2.75, 3.05) is 0 Å². The van der Waals surface area contributed by atoms with Gasteiger partial charge in [-0.05, 0) is 6.92 Å². The van der Waals surface area contributed by atoms with E-state index in [1.54, 1.807) is 22.2 Å². The number of aromatic nitrogens is 2. The lowest BCUT2D eigenvalue weighted by Gasteiger charge is -2.15. The third kappa shape index (κ3) is 3.39. The van der Waals surface area contributed by atoms with Crippen LogP contribution in [-0.2, 0) is 5.41 Å². The molecule has 6 heteroatoms. The van der Waals surface area contributed by atoms with Gasteiger partial charge < -0.3 is 5.32 Å². The third-order valence-electron chi connectivity index (χ3n) is 2.67. The second-order valence-corrected chi connectivity index (χ2v) is 7.00. The molecular weight excluding hydrogens is 278 g/mol. The molecule has 4 nitrogen and oxygen atoms in total. The van der Waals surface area contributed by atoms with E-state index in [1.165, 1.54) is 11.3 Å². The van der Waals surface area contributed by atoms with E-state index < -0.39 is 0 Å². The number of carbonyl (C=O) groups is 1. The maximum absolute atomic E-state index is 11.9. The van der Waals surface area contributed by atoms with Gasteiger partial charge in [-0.3, -0.25) is 4.79 Å². The molecule has 2 heterocycles. The van der Waals surface area contributed by atoms with Gasteiger partial charge in [0.15, 0.2) is 0 Å². The van der Waals surface area contributed by atoms with Crippen molar-refractivity contribution in [2.24, 2.45) is 0 Å². The van der Waals surface area contributed by atoms with Gasteiger partial charge in [-0.1, -0.05) is 20.8 Å². The molecule has 0 bridgehead atoms. The highest BCUT2D eigenvalue weighted by atomic mass is 32.1. The number of rotatable bonds is 3. The summed E-state index contributed by atoms with van der Waals surface area (Å²) in [5.74, 6) is -0.152. The summed E-state index contributed by atoms with van der Waals surface area (Å²) in [6, 6.07) is -0.102. The molecule has 0 aliphatic heterocycles. The lowest BCUT2D eigenvalue weighted by molar-refractivity contribution is 0.0935. The summed E-state index contributed by atoms with van der Waals surface area (Å²) in [4.78, 5) is 20.5. The Morgan fingerprint density at radius 1 is 1.37 bits per heavy atom. The molecule has 1 amide bonds. The first kappa shape index (κ1) is 14.1. The molecule has 0 saturated carbocycles. The average Bonchev–Trinajstić information content (AvgIpc) is 3.00. The van der Waals surface area contributed by atoms with Crippen molar-refractivity contribution >= 4 is 28.6 Å². The van der Waals surface area contributed by atoms with E-state index >= 15 is 0 Å². The predicted octanol–water partition coefficient (Wildman–Crippen LogP) is 3.39. The standard InChI is InChI=1S/C13H17N3OS2/c1-8(15-11(17)9-5-18-7-14-9)12-16-10(6-19-12)13(2,3)4/h5-8H,1-4H3,(H,15,17). The lowest BCUT2D eigenvalue weighted by Crippen LogP contribution is -2.27. The maximum Gasteiger partial charge on any atom is 0.271 e. The van der Waals surface area contributed by atoms with E-state index in [1.807, 2.05) is 6.92 Å². The fourth-order valence-corrected chi connectivity index (χ4v) is 3.07. The van der Waals surface area contributed by atoms with E-state index in [0.717, 1.165) is 10.7 Å². The lowest BCUT2D eigenvalue weighted by atomic mass is 9.93. The molecule has 2 aromatic heterocycles. The monoisotopic (exact) mass is 295 g/mol. The zero-order valence-electron chi connectivity index (χ0n) is 11.4. The van der Waals surface area contributed by atoms with Crippen LogP contribution in [0, 0.1) is 0 Å². The predicted molar refractivity (Wildman–Crippen MR) is 78.8 cm³/mol. The minimum atomic E-state index is -0.152. The highest BCUT2D eigenvalue weighted by molar-refractivity contribution is 7.09. The summed E-state index contributed by atoms with van der Waals surface area (Å²) in [6.07, 6.45) is 0. The van der Waals surface area contributed by atoms with Crippen LogP contribution in [0.15, 0.2) is 16.3 Å². The van der Waals surface area contributed by atoms with Gasteiger partial charge in [0, 0.05) is 16.2 Å². The Labute approximate surface area is 120 Å². The van der Waals surface area contributed by atoms with Crippen LogP contribution in [0.3, 0.4) is 0 Å². The van der Waals surface area contributed by atoms with E-state index in [-0.39, 0.29) is 17.4 Å². The summed E-state index contributed by atoms with van der Waals surface area (Å²) in [5, 5.41) is 7.64. The Balaban J connectivity index is 2.06. The van der Waals surface area contributed by atoms with Crippen molar-refractivity contribution in [3.8, 4) is 0 Å². The van der Waals surface area contributed by atoms with Gasteiger partial charge >= 0.3 is 0 Å². The molecule has 2 rings (SSSR count). The van der Waals surface area contributed by atoms with Crippen LogP contribution >= 0.6 is 22.7 Å². The molecule has 2 aromatic rings. The summed E-state index contributed by atoms with van der Waals surface area (Å²) < 4.78 is 0. The van der Waals surface area contributed by atoms with Gasteiger partial charge in [0.1, 0.15) is 10.7 Å². The molecule has 102 valence electrons. The van der Waals surface area contributed by atoms with Crippen LogP contribution in [0.1, 0.15) is 54.9 Å². The number of thiazole rings is 2. The highest BCUT2D eigenvalue weighted by Gasteiger charge is 2.20. The number of hydrogen-bond donors (Lipinski definition) is 1. The number of amides is 1. The number of hydrogen-bond acceptors (Lipinski definition) is 5. The van der Waals surface area contributed by atoms with E-state index in [4.69, 9.17) is 0 Å². The fraction of sp³-hybridized carbons (Fsp3) is 0.462. The SMILES string of the molecule is CC(NC(=O)c1cscn1)c1nc(C(C)(C)C)cs1. The molecule has 0 radical (unpaired) electrons. The number of nitrogens with zero attached hydrogens (tertiary/aromatic N) is 2. The normalized spacial score (nSPS) is 13.3. The first-order chi connectivity index (χ1) is 8.88. The average molecular weight is 295 g/mol. The zero-order chi connectivity index (χ0) is 14.0. The molecular formula is C13H17N3OS2. The topological polar surface area (TPSA) is 54.9 Å². The molecule has 0 aliphatic carbocycles. The minimum absolute atomic E-state index is 0.0351. The van der Waals surface area contributed by atoms with Crippen molar-refractivity contribution < 1.29 is 4.79 Å². The molecule has 0 saturated heterocycles. The number of carbonyl (C=O) groups excluding carboxylic acids is 1. The van der Waals surface area contributed by atoms with Gasteiger partial charge in [0.05, 0.1) is 17.2 Å². The molecule has 0 aliphatic rings. The van der Waals surface area contributed by atoms with Crippen LogP contribution in [0.25, 0.3) is 0 Å². The summed E-state index contributed by atoms with van der Waals surface area (Å²) in [7, 11) is 0. The summed E-state index contributed by atoms with van der Waals surface area (Å²) in [5.41, 5.74) is 3.21. The Morgan fingerprint density at radius 2 is 2.11 bits per heavy atom. The largest absolute Gasteiger partial charge is 0.342 e. The minimum Gasteiger partial charge on any atom is -0.342 e. The first-order valence-corrected chi connectivity index (χ1v) is 7.85. The molecule has 1 atom stereocenters. The summed E-state index contributed by atoms with van der Waals surface area (Å²) in [6.45, 7) is 8.33. The number of nitrogens with one attached hydrogen (secondary N) is 1. The van der Waals surface area contributed by atoms with Crippen molar-refractivity contribution in [1.29, 1.82) is 0 Å². The maximum atomic E-state index is 11.9. The Hall–Kier alpha value is -1.27. The van der Waals surface area contributed by atoms with Crippen molar-refractivity contribution in [3.63, 3.8) is 0 Å². The van der Waals surface area contributed by atoms with E-state index in [2.05, 4.69) is 41.4 Å². The second-order valence-electron chi connectivity index (χ2n) is 5.39. The molecule has 0 spiro atoms. The summed E-state index contributed by atoms with van der Waals surface area (Å²) >= 11 is 2.99. The third-order valence-corrected chi connectivity index (χ3v) is 4.29. The van der Waals surface area contributed by atoms with E-state index in [0.29, 0.717) is 5.69 Å². The molecule has 0 fully saturated rings. The first-order valence-electron chi connectivity index (χ1n) is 6.03. The fourth-order valence-electron chi connectivity index (χ4n) is 1.49. The Morgan fingerprint density at radius 3 is 2.63 bits per heavy atom. The second kappa shape index (κ2) is 5.38. The van der Waals surface area contributed by atoms with Crippen molar-refractivity contribution in [1.82, 2.24) is 15.3 Å². The Bertz CT molecular complexity index is 555. The van der Waals surface area contributed by atoms with Crippen LogP contribution in [-0.4, -0.2) is 15.9 Å². The van der Waals surface area contributed by atoms with Crippen LogP contribution < -0.4 is 5.32 Å². The van der Waals surface area contributed by atoms with Crippen molar-refractivity contribution in [2.45, 2.75) is 39.2 Å². The van der Waals surface area contributed by atoms with Crippen LogP contribution in [0.2, 0.25) is 0 Å². The van der Waals surface area contributed by atoms with Gasteiger partial charge in [0.25, 0.3) is 5.91 Å². The zero-order valence-corrected chi connectivity index (χ0v) is 13.1. The molecule has 1 N–H and O–H groups in total. The quantitative estimate of drug-likeness (QED) is 0.944. The highest BCUT2D eigenvalue weighted by Crippen LogP contribution is 2.26. The van der Waals surface area contributed by atoms with Gasteiger partial charge in [-0.2, -0.15) is 0 Å². The van der Waals surface area contributed by atoms with Crippen LogP contribution in [0.4, 0.5) is 0 Å². The van der Waals surface area contributed by atoms with E-state index in [9.17, 15) is 4.79 Å². The van der Waals surface area contributed by atoms with Gasteiger partial charge in [-0.15, -0.1) is 22.7 Å². The smallest absolute Gasteiger partial charge is 0.271 e. The molecule has 19 heavy (non-hydrogen) atoms. The van der Waals surface area contributed by atoms with Gasteiger partial charge in [0.2, 0.25) is 0 Å². The van der Waals surface area contributed by atoms with Gasteiger partial charge in [-0.25, -0.2) is 9.97 Å². The van der Waals surface area contributed by atoms with Crippen molar-refractivity contribution in [3.05, 3.63) is 32.7 Å². The molecule has 0 aromatic carbocycles. The molecule has 1 unspecified atom stereocenters.